The molecule has 0 aliphatic carbocycles. The van der Waals surface area contributed by atoms with E-state index in [1.807, 2.05) is 45.9 Å². The molecule has 2 amide bonds. The molecule has 0 radical (unpaired) electrons. The second-order valence-electron chi connectivity index (χ2n) is 5.76. The summed E-state index contributed by atoms with van der Waals surface area (Å²) < 4.78 is 0. The van der Waals surface area contributed by atoms with Gasteiger partial charge in [-0.25, -0.2) is 0 Å². The Bertz CT molecular complexity index is 558. The van der Waals surface area contributed by atoms with E-state index in [0.717, 1.165) is 11.4 Å². The number of hydrogen-bond donors (Lipinski definition) is 1. The predicted octanol–water partition coefficient (Wildman–Crippen LogP) is 1.80. The molecule has 0 spiro atoms. The van der Waals surface area contributed by atoms with E-state index in [4.69, 9.17) is 0 Å². The molecular formula is C16H23N3O2. The van der Waals surface area contributed by atoms with Crippen LogP contribution < -0.4 is 5.32 Å². The summed E-state index contributed by atoms with van der Waals surface area (Å²) in [6.45, 7) is 7.94. The molecule has 1 saturated heterocycles. The molecule has 0 aromatic carbocycles. The number of hydrogen-bond acceptors (Lipinski definition) is 3. The van der Waals surface area contributed by atoms with E-state index in [-0.39, 0.29) is 11.8 Å². The zero-order valence-electron chi connectivity index (χ0n) is 13.1. The molecular weight excluding hydrogens is 266 g/mol. The normalized spacial score (nSPS) is 25.9. The Balaban J connectivity index is 2.35. The van der Waals surface area contributed by atoms with Gasteiger partial charge in [0.1, 0.15) is 11.6 Å². The molecule has 1 N–H and O–H groups in total. The van der Waals surface area contributed by atoms with E-state index in [2.05, 4.69) is 10.3 Å². The fraction of sp³-hybridized carbons (Fsp3) is 0.562. The Hall–Kier alpha value is -1.91. The average molecular weight is 289 g/mol. The number of aromatic nitrogens is 1. The summed E-state index contributed by atoms with van der Waals surface area (Å²) in [7, 11) is 0. The smallest absolute Gasteiger partial charge is 0.246 e. The Morgan fingerprint density at radius 1 is 1.33 bits per heavy atom. The maximum absolute atomic E-state index is 12.6. The van der Waals surface area contributed by atoms with Crippen LogP contribution >= 0.6 is 0 Å². The predicted molar refractivity (Wildman–Crippen MR) is 80.4 cm³/mol. The molecule has 2 atom stereocenters. The third kappa shape index (κ3) is 2.77. The van der Waals surface area contributed by atoms with Gasteiger partial charge in [-0.15, -0.1) is 0 Å². The zero-order chi connectivity index (χ0) is 15.6. The lowest BCUT2D eigenvalue weighted by molar-refractivity contribution is -0.157. The first-order valence-corrected chi connectivity index (χ1v) is 7.47. The minimum Gasteiger partial charge on any atom is -0.342 e. The second-order valence-corrected chi connectivity index (χ2v) is 5.76. The molecule has 2 unspecified atom stereocenters. The summed E-state index contributed by atoms with van der Waals surface area (Å²) in [6.07, 6.45) is 1.18. The SMILES string of the molecule is CCC1NC(=O)C(C)(CC)N(Cc2cccc(C)n2)C1=O. The van der Waals surface area contributed by atoms with E-state index < -0.39 is 11.6 Å². The summed E-state index contributed by atoms with van der Waals surface area (Å²) in [5.41, 5.74) is 0.910. The van der Waals surface area contributed by atoms with Gasteiger partial charge in [0.15, 0.2) is 0 Å². The van der Waals surface area contributed by atoms with Crippen molar-refractivity contribution < 1.29 is 9.59 Å². The van der Waals surface area contributed by atoms with Crippen LogP contribution in [0.2, 0.25) is 0 Å². The fourth-order valence-electron chi connectivity index (χ4n) is 2.66. The molecule has 5 heteroatoms. The van der Waals surface area contributed by atoms with Crippen molar-refractivity contribution in [3.05, 3.63) is 29.6 Å². The van der Waals surface area contributed by atoms with Crippen molar-refractivity contribution in [3.8, 4) is 0 Å². The standard InChI is InChI=1S/C16H23N3O2/c1-5-13-14(20)19(16(4,6-2)15(21)18-13)10-12-9-7-8-11(3)17-12/h7-9,13H,5-6,10H2,1-4H3,(H,18,21). The van der Waals surface area contributed by atoms with Crippen LogP contribution in [0.25, 0.3) is 0 Å². The van der Waals surface area contributed by atoms with Gasteiger partial charge < -0.3 is 10.2 Å². The zero-order valence-corrected chi connectivity index (χ0v) is 13.1. The fourth-order valence-corrected chi connectivity index (χ4v) is 2.66. The molecule has 5 nitrogen and oxygen atoms in total. The second kappa shape index (κ2) is 5.84. The summed E-state index contributed by atoms with van der Waals surface area (Å²) in [5.74, 6) is -0.103. The van der Waals surface area contributed by atoms with Crippen LogP contribution in [0.1, 0.15) is 45.0 Å². The maximum Gasteiger partial charge on any atom is 0.246 e. The van der Waals surface area contributed by atoms with Crippen LogP contribution in [0.5, 0.6) is 0 Å². The third-order valence-corrected chi connectivity index (χ3v) is 4.32. The number of piperazine rings is 1. The van der Waals surface area contributed by atoms with Crippen LogP contribution in [0, 0.1) is 6.92 Å². The maximum atomic E-state index is 12.6. The van der Waals surface area contributed by atoms with Gasteiger partial charge in [-0.2, -0.15) is 0 Å². The first-order valence-electron chi connectivity index (χ1n) is 7.47. The Morgan fingerprint density at radius 2 is 2.05 bits per heavy atom. The van der Waals surface area contributed by atoms with E-state index in [9.17, 15) is 9.59 Å². The van der Waals surface area contributed by atoms with Crippen LogP contribution in [0.15, 0.2) is 18.2 Å². The van der Waals surface area contributed by atoms with Crippen molar-refractivity contribution in [2.24, 2.45) is 0 Å². The number of carbonyl (C=O) groups is 2. The van der Waals surface area contributed by atoms with Gasteiger partial charge >= 0.3 is 0 Å². The van der Waals surface area contributed by atoms with Crippen molar-refractivity contribution in [1.29, 1.82) is 0 Å². The minimum atomic E-state index is -0.811. The van der Waals surface area contributed by atoms with Crippen molar-refractivity contribution in [2.75, 3.05) is 0 Å². The van der Waals surface area contributed by atoms with E-state index in [1.165, 1.54) is 0 Å². The van der Waals surface area contributed by atoms with Gasteiger partial charge in [-0.05, 0) is 38.8 Å². The molecule has 0 bridgehead atoms. The Morgan fingerprint density at radius 3 is 2.62 bits per heavy atom. The molecule has 0 saturated carbocycles. The van der Waals surface area contributed by atoms with Gasteiger partial charge in [0.25, 0.3) is 0 Å². The molecule has 1 aliphatic heterocycles. The van der Waals surface area contributed by atoms with Crippen LogP contribution in [0.3, 0.4) is 0 Å². The molecule has 114 valence electrons. The van der Waals surface area contributed by atoms with E-state index in [1.54, 1.807) is 4.90 Å². The van der Waals surface area contributed by atoms with Crippen LogP contribution in [0.4, 0.5) is 0 Å². The highest BCUT2D eigenvalue weighted by Gasteiger charge is 2.47. The molecule has 2 rings (SSSR count). The van der Waals surface area contributed by atoms with E-state index >= 15 is 0 Å². The number of pyridine rings is 1. The molecule has 1 aromatic heterocycles. The van der Waals surface area contributed by atoms with E-state index in [0.29, 0.717) is 19.4 Å². The van der Waals surface area contributed by atoms with Gasteiger partial charge in [0, 0.05) is 5.69 Å². The lowest BCUT2D eigenvalue weighted by Crippen LogP contribution is -2.68. The summed E-state index contributed by atoms with van der Waals surface area (Å²) in [6, 6.07) is 5.31. The van der Waals surface area contributed by atoms with Gasteiger partial charge in [0.05, 0.1) is 12.2 Å². The highest BCUT2D eigenvalue weighted by Crippen LogP contribution is 2.27. The monoisotopic (exact) mass is 289 g/mol. The molecule has 1 fully saturated rings. The topological polar surface area (TPSA) is 62.3 Å². The molecule has 2 heterocycles. The number of rotatable bonds is 4. The first-order chi connectivity index (χ1) is 9.92. The van der Waals surface area contributed by atoms with Crippen LogP contribution in [-0.2, 0) is 16.1 Å². The Labute approximate surface area is 125 Å². The van der Waals surface area contributed by atoms with Gasteiger partial charge in [-0.1, -0.05) is 19.9 Å². The summed E-state index contributed by atoms with van der Waals surface area (Å²) >= 11 is 0. The van der Waals surface area contributed by atoms with Crippen molar-refractivity contribution in [2.45, 2.75) is 58.7 Å². The largest absolute Gasteiger partial charge is 0.342 e. The minimum absolute atomic E-state index is 0.0234. The number of nitrogens with zero attached hydrogens (tertiary/aromatic N) is 2. The average Bonchev–Trinajstić information content (AvgIpc) is 2.47. The van der Waals surface area contributed by atoms with Gasteiger partial charge in [-0.3, -0.25) is 14.6 Å². The Kier molecular flexibility index (Phi) is 4.30. The van der Waals surface area contributed by atoms with Crippen molar-refractivity contribution >= 4 is 11.8 Å². The molecule has 1 aliphatic rings. The summed E-state index contributed by atoms with van der Waals surface area (Å²) in [4.78, 5) is 31.2. The number of carbonyl (C=O) groups excluding carboxylic acids is 2. The number of amides is 2. The van der Waals surface area contributed by atoms with Gasteiger partial charge in [0.2, 0.25) is 11.8 Å². The van der Waals surface area contributed by atoms with Crippen molar-refractivity contribution in [1.82, 2.24) is 15.2 Å². The summed E-state index contributed by atoms with van der Waals surface area (Å²) in [5, 5.41) is 2.83. The molecule has 21 heavy (non-hydrogen) atoms. The quantitative estimate of drug-likeness (QED) is 0.919. The lowest BCUT2D eigenvalue weighted by Gasteiger charge is -2.45. The van der Waals surface area contributed by atoms with Crippen LogP contribution in [-0.4, -0.2) is 33.3 Å². The van der Waals surface area contributed by atoms with Crippen molar-refractivity contribution in [3.63, 3.8) is 0 Å². The lowest BCUT2D eigenvalue weighted by atomic mass is 9.89. The third-order valence-electron chi connectivity index (χ3n) is 4.32. The first kappa shape index (κ1) is 15.5. The number of nitrogens with one attached hydrogen (secondary N) is 1. The highest BCUT2D eigenvalue weighted by atomic mass is 16.2. The highest BCUT2D eigenvalue weighted by molar-refractivity contribution is 5.99. The number of aryl methyl sites for hydroxylation is 1. The molecule has 1 aromatic rings.